The van der Waals surface area contributed by atoms with Gasteiger partial charge in [-0.1, -0.05) is 0 Å². The Morgan fingerprint density at radius 3 is 2.96 bits per heavy atom. The maximum absolute atomic E-state index is 12.5. The molecule has 4 heterocycles. The molecule has 1 unspecified atom stereocenters. The second-order valence-corrected chi connectivity index (χ2v) is 7.95. The van der Waals surface area contributed by atoms with Gasteiger partial charge in [0.1, 0.15) is 0 Å². The van der Waals surface area contributed by atoms with Crippen LogP contribution >= 0.6 is 11.3 Å². The molecule has 0 saturated carbocycles. The van der Waals surface area contributed by atoms with Gasteiger partial charge >= 0.3 is 0 Å². The van der Waals surface area contributed by atoms with E-state index in [1.54, 1.807) is 28.6 Å². The number of rotatable bonds is 4. The molecular formula is C17H21N5O2S. The highest BCUT2D eigenvalue weighted by atomic mass is 32.1. The Morgan fingerprint density at radius 2 is 2.24 bits per heavy atom. The molecule has 2 aliphatic rings. The second kappa shape index (κ2) is 6.59. The molecule has 8 heteroatoms. The molecule has 4 rings (SSSR count). The fourth-order valence-electron chi connectivity index (χ4n) is 3.52. The number of carbonyl (C=O) groups is 2. The Balaban J connectivity index is 1.38. The molecule has 0 bridgehead atoms. The molecule has 2 saturated heterocycles. The number of likely N-dealkylation sites (tertiary alicyclic amines) is 1. The molecule has 0 N–H and O–H groups in total. The average Bonchev–Trinajstić information content (AvgIpc) is 3.32. The molecule has 132 valence electrons. The van der Waals surface area contributed by atoms with Crippen molar-refractivity contribution in [1.82, 2.24) is 19.7 Å². The molecule has 0 spiro atoms. The van der Waals surface area contributed by atoms with E-state index in [0.717, 1.165) is 41.5 Å². The van der Waals surface area contributed by atoms with Crippen LogP contribution in [0.2, 0.25) is 0 Å². The summed E-state index contributed by atoms with van der Waals surface area (Å²) in [7, 11) is 0. The Kier molecular flexibility index (Phi) is 4.29. The number of hydrogen-bond donors (Lipinski definition) is 0. The number of nitrogens with zero attached hydrogens (tertiary/aromatic N) is 5. The number of thiazole rings is 1. The predicted molar refractivity (Wildman–Crippen MR) is 94.6 cm³/mol. The van der Waals surface area contributed by atoms with Gasteiger partial charge in [-0.15, -0.1) is 11.3 Å². The van der Waals surface area contributed by atoms with Crippen molar-refractivity contribution < 1.29 is 9.59 Å². The van der Waals surface area contributed by atoms with Gasteiger partial charge in [-0.2, -0.15) is 5.10 Å². The molecular weight excluding hydrogens is 338 g/mol. The zero-order valence-corrected chi connectivity index (χ0v) is 15.0. The Labute approximate surface area is 150 Å². The Morgan fingerprint density at radius 1 is 1.36 bits per heavy atom. The molecule has 1 atom stereocenters. The molecule has 0 aliphatic carbocycles. The fraction of sp³-hybridized carbons (Fsp3) is 0.529. The molecule has 2 aromatic heterocycles. The molecule has 25 heavy (non-hydrogen) atoms. The Bertz CT molecular complexity index is 799. The van der Waals surface area contributed by atoms with E-state index in [9.17, 15) is 9.59 Å². The van der Waals surface area contributed by atoms with Crippen LogP contribution in [0.25, 0.3) is 0 Å². The van der Waals surface area contributed by atoms with E-state index in [0.29, 0.717) is 19.4 Å². The molecule has 2 aliphatic heterocycles. The summed E-state index contributed by atoms with van der Waals surface area (Å²) >= 11 is 1.58. The van der Waals surface area contributed by atoms with Gasteiger partial charge in [0.15, 0.2) is 0 Å². The van der Waals surface area contributed by atoms with Crippen molar-refractivity contribution in [2.24, 2.45) is 0 Å². The minimum atomic E-state index is 0.147. The molecule has 7 nitrogen and oxygen atoms in total. The van der Waals surface area contributed by atoms with E-state index in [1.807, 2.05) is 22.7 Å². The van der Waals surface area contributed by atoms with Crippen molar-refractivity contribution in [3.8, 4) is 0 Å². The molecule has 0 radical (unpaired) electrons. The van der Waals surface area contributed by atoms with Gasteiger partial charge in [0.2, 0.25) is 11.8 Å². The van der Waals surface area contributed by atoms with Gasteiger partial charge in [0, 0.05) is 43.3 Å². The lowest BCUT2D eigenvalue weighted by atomic mass is 10.3. The van der Waals surface area contributed by atoms with Crippen molar-refractivity contribution in [3.05, 3.63) is 28.5 Å². The lowest BCUT2D eigenvalue weighted by molar-refractivity contribution is -0.129. The summed E-state index contributed by atoms with van der Waals surface area (Å²) in [5, 5.41) is 5.42. The summed E-state index contributed by atoms with van der Waals surface area (Å²) < 4.78 is 1.91. The quantitative estimate of drug-likeness (QED) is 0.834. The standard InChI is InChI=1S/C17H21N5O2S/c1-12-18-9-15(25-12)7-17(24)20-6-4-13(10-20)22-11-14(8-19-22)21-5-2-3-16(21)23/h8-9,11,13H,2-7,10H2,1H3. The molecule has 0 aromatic carbocycles. The minimum absolute atomic E-state index is 0.147. The first-order chi connectivity index (χ1) is 12.1. The highest BCUT2D eigenvalue weighted by Gasteiger charge is 2.29. The minimum Gasteiger partial charge on any atom is -0.340 e. The first-order valence-electron chi connectivity index (χ1n) is 8.64. The molecule has 2 aromatic rings. The maximum Gasteiger partial charge on any atom is 0.227 e. The largest absolute Gasteiger partial charge is 0.340 e. The van der Waals surface area contributed by atoms with Gasteiger partial charge in [0.05, 0.1) is 29.4 Å². The van der Waals surface area contributed by atoms with E-state index < -0.39 is 0 Å². The number of aromatic nitrogens is 3. The van der Waals surface area contributed by atoms with Crippen LogP contribution in [0.4, 0.5) is 5.69 Å². The van der Waals surface area contributed by atoms with Gasteiger partial charge in [-0.3, -0.25) is 14.3 Å². The van der Waals surface area contributed by atoms with Crippen LogP contribution in [-0.2, 0) is 16.0 Å². The number of amides is 2. The van der Waals surface area contributed by atoms with Crippen molar-refractivity contribution >= 4 is 28.8 Å². The number of anilines is 1. The summed E-state index contributed by atoms with van der Waals surface area (Å²) in [6.45, 7) is 4.14. The highest BCUT2D eigenvalue weighted by Crippen LogP contribution is 2.26. The zero-order chi connectivity index (χ0) is 17.4. The van der Waals surface area contributed by atoms with Crippen molar-refractivity contribution in [2.45, 2.75) is 38.6 Å². The number of hydrogen-bond acceptors (Lipinski definition) is 5. The third-order valence-electron chi connectivity index (χ3n) is 4.86. The summed E-state index contributed by atoms with van der Waals surface area (Å²) in [4.78, 5) is 33.3. The number of aryl methyl sites for hydroxylation is 1. The predicted octanol–water partition coefficient (Wildman–Crippen LogP) is 1.79. The van der Waals surface area contributed by atoms with Crippen LogP contribution in [0.5, 0.6) is 0 Å². The van der Waals surface area contributed by atoms with E-state index in [4.69, 9.17) is 0 Å². The zero-order valence-electron chi connectivity index (χ0n) is 14.2. The monoisotopic (exact) mass is 359 g/mol. The van der Waals surface area contributed by atoms with Gasteiger partial charge < -0.3 is 9.80 Å². The van der Waals surface area contributed by atoms with Crippen molar-refractivity contribution in [3.63, 3.8) is 0 Å². The van der Waals surface area contributed by atoms with Crippen LogP contribution in [-0.4, -0.2) is 51.1 Å². The fourth-order valence-corrected chi connectivity index (χ4v) is 4.31. The van der Waals surface area contributed by atoms with Crippen LogP contribution in [0.15, 0.2) is 18.6 Å². The second-order valence-electron chi connectivity index (χ2n) is 6.63. The highest BCUT2D eigenvalue weighted by molar-refractivity contribution is 7.11. The lowest BCUT2D eigenvalue weighted by Gasteiger charge is -2.16. The van der Waals surface area contributed by atoms with Crippen LogP contribution in [0.1, 0.15) is 35.2 Å². The van der Waals surface area contributed by atoms with Crippen LogP contribution in [0.3, 0.4) is 0 Å². The molecule has 2 amide bonds. The van der Waals surface area contributed by atoms with Gasteiger partial charge in [-0.25, -0.2) is 4.98 Å². The van der Waals surface area contributed by atoms with Gasteiger partial charge in [-0.05, 0) is 19.8 Å². The van der Waals surface area contributed by atoms with E-state index in [-0.39, 0.29) is 17.9 Å². The summed E-state index contributed by atoms with van der Waals surface area (Å²) in [5.74, 6) is 0.316. The summed E-state index contributed by atoms with van der Waals surface area (Å²) in [6.07, 6.45) is 8.33. The van der Waals surface area contributed by atoms with E-state index >= 15 is 0 Å². The first kappa shape index (κ1) is 16.3. The van der Waals surface area contributed by atoms with Crippen molar-refractivity contribution in [2.75, 3.05) is 24.5 Å². The third kappa shape index (κ3) is 3.30. The van der Waals surface area contributed by atoms with E-state index in [1.165, 1.54) is 0 Å². The normalized spacial score (nSPS) is 20.7. The smallest absolute Gasteiger partial charge is 0.227 e. The molecule has 2 fully saturated rings. The van der Waals surface area contributed by atoms with E-state index in [2.05, 4.69) is 10.1 Å². The maximum atomic E-state index is 12.5. The first-order valence-corrected chi connectivity index (χ1v) is 9.45. The lowest BCUT2D eigenvalue weighted by Crippen LogP contribution is -2.30. The topological polar surface area (TPSA) is 71.3 Å². The number of carbonyl (C=O) groups excluding carboxylic acids is 2. The van der Waals surface area contributed by atoms with Gasteiger partial charge in [0.25, 0.3) is 0 Å². The third-order valence-corrected chi connectivity index (χ3v) is 5.77. The average molecular weight is 359 g/mol. The summed E-state index contributed by atoms with van der Waals surface area (Å²) in [5.41, 5.74) is 0.868. The SMILES string of the molecule is Cc1ncc(CC(=O)N2CCC(n3cc(N4CCCC4=O)cn3)C2)s1. The van der Waals surface area contributed by atoms with Crippen LogP contribution in [0, 0.1) is 6.92 Å². The van der Waals surface area contributed by atoms with Crippen molar-refractivity contribution in [1.29, 1.82) is 0 Å². The Hall–Kier alpha value is -2.22. The summed E-state index contributed by atoms with van der Waals surface area (Å²) in [6, 6.07) is 0.179. The van der Waals surface area contributed by atoms with Crippen LogP contribution < -0.4 is 4.90 Å².